The van der Waals surface area contributed by atoms with Crippen molar-refractivity contribution in [2.75, 3.05) is 6.61 Å². The van der Waals surface area contributed by atoms with Crippen molar-refractivity contribution in [3.8, 4) is 0 Å². The van der Waals surface area contributed by atoms with Crippen molar-refractivity contribution < 1.29 is 9.90 Å². The molecule has 1 unspecified atom stereocenters. The Morgan fingerprint density at radius 1 is 1.39 bits per heavy atom. The van der Waals surface area contributed by atoms with Gasteiger partial charge in [-0.05, 0) is 49.9 Å². The first kappa shape index (κ1) is 16.5. The molecule has 5 heteroatoms. The zero-order valence-corrected chi connectivity index (χ0v) is 14.3. The molecule has 2 aliphatic carbocycles. The van der Waals surface area contributed by atoms with Gasteiger partial charge in [0, 0.05) is 19.2 Å². The van der Waals surface area contributed by atoms with E-state index in [1.807, 2.05) is 4.68 Å². The van der Waals surface area contributed by atoms with Crippen molar-refractivity contribution >= 4 is 5.91 Å². The second-order valence-electron chi connectivity index (χ2n) is 7.19. The summed E-state index contributed by atoms with van der Waals surface area (Å²) in [5.74, 6) is 1.74. The summed E-state index contributed by atoms with van der Waals surface area (Å²) in [7, 11) is 0. The predicted octanol–water partition coefficient (Wildman–Crippen LogP) is 2.38. The van der Waals surface area contributed by atoms with Crippen LogP contribution in [0.1, 0.15) is 62.0 Å². The highest BCUT2D eigenvalue weighted by atomic mass is 16.3. The summed E-state index contributed by atoms with van der Waals surface area (Å²) < 4.78 is 1.99. The lowest BCUT2D eigenvalue weighted by molar-refractivity contribution is 0.0805. The average Bonchev–Trinajstić information content (AvgIpc) is 3.11. The molecule has 2 saturated carbocycles. The third kappa shape index (κ3) is 3.16. The molecular weight excluding hydrogens is 290 g/mol. The van der Waals surface area contributed by atoms with E-state index in [9.17, 15) is 9.90 Å². The lowest BCUT2D eigenvalue weighted by Crippen LogP contribution is -2.50. The standard InChI is InChI=1S/C18H29N3O2/c1-3-5-6-21-17(4-2)15(10-19-21)18(23)20-16-9-13-7-12(11-22)8-14(13)16/h10,12-14,16,22H,3-9,11H2,1-2H3,(H,20,23)/t12?,13-,14-,16+/m0/s1. The highest BCUT2D eigenvalue weighted by molar-refractivity contribution is 5.95. The number of nitrogens with one attached hydrogen (secondary N) is 1. The van der Waals surface area contributed by atoms with E-state index >= 15 is 0 Å². The van der Waals surface area contributed by atoms with E-state index in [4.69, 9.17) is 0 Å². The SMILES string of the molecule is CCCCn1ncc(C(=O)N[C@@H]2C[C@@H]3CC(CO)C[C@@H]32)c1CC. The molecule has 0 bridgehead atoms. The van der Waals surface area contributed by atoms with Gasteiger partial charge in [-0.25, -0.2) is 0 Å². The summed E-state index contributed by atoms with van der Waals surface area (Å²) >= 11 is 0. The van der Waals surface area contributed by atoms with Crippen LogP contribution in [0.15, 0.2) is 6.20 Å². The maximum atomic E-state index is 12.6. The number of aliphatic hydroxyl groups excluding tert-OH is 1. The van der Waals surface area contributed by atoms with Crippen molar-refractivity contribution in [1.82, 2.24) is 15.1 Å². The number of unbranched alkanes of at least 4 members (excludes halogenated alkanes) is 1. The van der Waals surface area contributed by atoms with Crippen molar-refractivity contribution in [1.29, 1.82) is 0 Å². The number of fused-ring (bicyclic) bond motifs is 1. The zero-order valence-electron chi connectivity index (χ0n) is 14.3. The van der Waals surface area contributed by atoms with E-state index in [0.29, 0.717) is 17.8 Å². The maximum absolute atomic E-state index is 12.6. The van der Waals surface area contributed by atoms with Crippen molar-refractivity contribution in [2.24, 2.45) is 17.8 Å². The Morgan fingerprint density at radius 2 is 2.22 bits per heavy atom. The van der Waals surface area contributed by atoms with Crippen LogP contribution < -0.4 is 5.32 Å². The Labute approximate surface area is 138 Å². The van der Waals surface area contributed by atoms with Gasteiger partial charge in [0.25, 0.3) is 5.91 Å². The topological polar surface area (TPSA) is 67.2 Å². The number of aliphatic hydroxyl groups is 1. The molecule has 1 amide bonds. The van der Waals surface area contributed by atoms with Crippen LogP contribution in [0.5, 0.6) is 0 Å². The smallest absolute Gasteiger partial charge is 0.254 e. The van der Waals surface area contributed by atoms with Crippen LogP contribution >= 0.6 is 0 Å². The molecule has 2 fully saturated rings. The monoisotopic (exact) mass is 319 g/mol. The fourth-order valence-corrected chi connectivity index (χ4v) is 4.38. The minimum absolute atomic E-state index is 0.0282. The summed E-state index contributed by atoms with van der Waals surface area (Å²) in [5.41, 5.74) is 1.79. The second-order valence-corrected chi connectivity index (χ2v) is 7.19. The molecule has 0 radical (unpaired) electrons. The molecule has 1 aromatic heterocycles. The summed E-state index contributed by atoms with van der Waals surface area (Å²) in [4.78, 5) is 12.6. The molecule has 0 spiro atoms. The number of carbonyl (C=O) groups is 1. The van der Waals surface area contributed by atoms with Gasteiger partial charge in [-0.3, -0.25) is 9.48 Å². The van der Waals surface area contributed by atoms with Gasteiger partial charge in [0.2, 0.25) is 0 Å². The van der Waals surface area contributed by atoms with Gasteiger partial charge in [-0.2, -0.15) is 5.10 Å². The molecule has 0 aliphatic heterocycles. The molecule has 128 valence electrons. The Morgan fingerprint density at radius 3 is 2.91 bits per heavy atom. The highest BCUT2D eigenvalue weighted by Crippen LogP contribution is 2.49. The van der Waals surface area contributed by atoms with Crippen molar-refractivity contribution in [2.45, 2.75) is 65.0 Å². The van der Waals surface area contributed by atoms with E-state index in [-0.39, 0.29) is 18.6 Å². The van der Waals surface area contributed by atoms with Crippen LogP contribution in [-0.4, -0.2) is 33.4 Å². The molecule has 23 heavy (non-hydrogen) atoms. The number of carbonyl (C=O) groups excluding carboxylic acids is 1. The largest absolute Gasteiger partial charge is 0.396 e. The first-order chi connectivity index (χ1) is 11.2. The average molecular weight is 319 g/mol. The summed E-state index contributed by atoms with van der Waals surface area (Å²) in [5, 5.41) is 16.9. The third-order valence-electron chi connectivity index (χ3n) is 5.75. The quantitative estimate of drug-likeness (QED) is 0.811. The third-order valence-corrected chi connectivity index (χ3v) is 5.75. The van der Waals surface area contributed by atoms with E-state index in [2.05, 4.69) is 24.3 Å². The molecule has 4 atom stereocenters. The molecule has 1 heterocycles. The van der Waals surface area contributed by atoms with Gasteiger partial charge in [-0.15, -0.1) is 0 Å². The summed E-state index contributed by atoms with van der Waals surface area (Å²) in [6, 6.07) is 0.285. The van der Waals surface area contributed by atoms with Gasteiger partial charge in [0.15, 0.2) is 0 Å². The predicted molar refractivity (Wildman–Crippen MR) is 89.2 cm³/mol. The maximum Gasteiger partial charge on any atom is 0.254 e. The van der Waals surface area contributed by atoms with Gasteiger partial charge in [-0.1, -0.05) is 20.3 Å². The lowest BCUT2D eigenvalue weighted by atomic mass is 9.71. The van der Waals surface area contributed by atoms with Crippen LogP contribution in [0, 0.1) is 17.8 Å². The Kier molecular flexibility index (Phi) is 5.05. The molecule has 3 rings (SSSR count). The summed E-state index contributed by atoms with van der Waals surface area (Å²) in [6.07, 6.45) is 8.02. The molecule has 0 aromatic carbocycles. The number of aromatic nitrogens is 2. The summed E-state index contributed by atoms with van der Waals surface area (Å²) in [6.45, 7) is 5.42. The number of aryl methyl sites for hydroxylation is 1. The molecule has 2 N–H and O–H groups in total. The van der Waals surface area contributed by atoms with E-state index in [0.717, 1.165) is 56.3 Å². The van der Waals surface area contributed by atoms with Crippen LogP contribution in [0.3, 0.4) is 0 Å². The normalized spacial score (nSPS) is 29.2. The number of hydrogen-bond donors (Lipinski definition) is 2. The molecule has 0 saturated heterocycles. The Balaban J connectivity index is 1.62. The fraction of sp³-hybridized carbons (Fsp3) is 0.778. The minimum atomic E-state index is 0.0282. The van der Waals surface area contributed by atoms with Gasteiger partial charge >= 0.3 is 0 Å². The van der Waals surface area contributed by atoms with Gasteiger partial charge < -0.3 is 10.4 Å². The van der Waals surface area contributed by atoms with E-state index in [1.165, 1.54) is 0 Å². The molecule has 2 aliphatic rings. The second kappa shape index (κ2) is 7.04. The van der Waals surface area contributed by atoms with Crippen molar-refractivity contribution in [3.63, 3.8) is 0 Å². The number of amides is 1. The van der Waals surface area contributed by atoms with Gasteiger partial charge in [0.05, 0.1) is 17.5 Å². The zero-order chi connectivity index (χ0) is 16.4. The molecular formula is C18H29N3O2. The van der Waals surface area contributed by atoms with Crippen molar-refractivity contribution in [3.05, 3.63) is 17.5 Å². The highest BCUT2D eigenvalue weighted by Gasteiger charge is 2.47. The molecule has 5 nitrogen and oxygen atoms in total. The number of rotatable bonds is 7. The first-order valence-electron chi connectivity index (χ1n) is 9.14. The Bertz CT molecular complexity index is 554. The number of hydrogen-bond acceptors (Lipinski definition) is 3. The fourth-order valence-electron chi connectivity index (χ4n) is 4.38. The minimum Gasteiger partial charge on any atom is -0.396 e. The van der Waals surface area contributed by atoms with E-state index in [1.54, 1.807) is 6.20 Å². The van der Waals surface area contributed by atoms with Gasteiger partial charge in [0.1, 0.15) is 0 Å². The van der Waals surface area contributed by atoms with E-state index < -0.39 is 0 Å². The van der Waals surface area contributed by atoms with Crippen LogP contribution in [0.2, 0.25) is 0 Å². The first-order valence-corrected chi connectivity index (χ1v) is 9.14. The number of nitrogens with zero attached hydrogens (tertiary/aromatic N) is 2. The lowest BCUT2D eigenvalue weighted by Gasteiger charge is -2.40. The van der Waals surface area contributed by atoms with Crippen LogP contribution in [0.25, 0.3) is 0 Å². The van der Waals surface area contributed by atoms with Crippen LogP contribution in [-0.2, 0) is 13.0 Å². The molecule has 1 aromatic rings. The Hall–Kier alpha value is -1.36. The van der Waals surface area contributed by atoms with Crippen LogP contribution in [0.4, 0.5) is 0 Å².